The van der Waals surface area contributed by atoms with Crippen LogP contribution in [0.25, 0.3) is 0 Å². The van der Waals surface area contributed by atoms with E-state index in [1.807, 2.05) is 13.8 Å². The van der Waals surface area contributed by atoms with Crippen LogP contribution in [0.4, 0.5) is 0 Å². The Bertz CT molecular complexity index is 148. The Hall–Kier alpha value is -0.570. The van der Waals surface area contributed by atoms with Crippen LogP contribution in [0.15, 0.2) is 0 Å². The molecule has 13 heavy (non-hydrogen) atoms. The van der Waals surface area contributed by atoms with Gasteiger partial charge in [-0.2, -0.15) is 0 Å². The van der Waals surface area contributed by atoms with Crippen molar-refractivity contribution >= 4 is 5.91 Å². The molecule has 0 bridgehead atoms. The topological polar surface area (TPSA) is 55.1 Å². The second-order valence-electron chi connectivity index (χ2n) is 3.59. The first kappa shape index (κ1) is 12.4. The summed E-state index contributed by atoms with van der Waals surface area (Å²) in [6.45, 7) is 6.15. The van der Waals surface area contributed by atoms with Crippen LogP contribution in [0.1, 0.15) is 46.5 Å². The van der Waals surface area contributed by atoms with E-state index in [0.29, 0.717) is 0 Å². The van der Waals surface area contributed by atoms with Crippen molar-refractivity contribution in [2.75, 3.05) is 0 Å². The lowest BCUT2D eigenvalue weighted by Gasteiger charge is -2.16. The van der Waals surface area contributed by atoms with E-state index in [9.17, 15) is 4.79 Å². The van der Waals surface area contributed by atoms with Crippen molar-refractivity contribution in [1.29, 1.82) is 0 Å². The maximum atomic E-state index is 11.4. The normalized spacial score (nSPS) is 15.1. The number of nitrogens with two attached hydrogens (primary N) is 1. The van der Waals surface area contributed by atoms with Gasteiger partial charge >= 0.3 is 0 Å². The van der Waals surface area contributed by atoms with Gasteiger partial charge in [0, 0.05) is 6.04 Å². The molecule has 1 amide bonds. The number of nitrogens with one attached hydrogen (secondary N) is 1. The summed E-state index contributed by atoms with van der Waals surface area (Å²) in [5, 5.41) is 2.90. The van der Waals surface area contributed by atoms with Gasteiger partial charge in [-0.05, 0) is 19.8 Å². The van der Waals surface area contributed by atoms with Crippen molar-refractivity contribution in [3.05, 3.63) is 0 Å². The summed E-state index contributed by atoms with van der Waals surface area (Å²) >= 11 is 0. The molecule has 1 unspecified atom stereocenters. The summed E-state index contributed by atoms with van der Waals surface area (Å²) in [7, 11) is 0. The van der Waals surface area contributed by atoms with Crippen molar-refractivity contribution in [3.63, 3.8) is 0 Å². The summed E-state index contributed by atoms with van der Waals surface area (Å²) in [6, 6.07) is -0.0790. The van der Waals surface area contributed by atoms with Crippen LogP contribution >= 0.6 is 0 Å². The summed E-state index contributed by atoms with van der Waals surface area (Å²) in [5.41, 5.74) is 5.66. The highest BCUT2D eigenvalue weighted by molar-refractivity contribution is 5.81. The Labute approximate surface area is 81.1 Å². The van der Waals surface area contributed by atoms with E-state index in [1.54, 1.807) is 0 Å². The molecule has 0 aromatic heterocycles. The summed E-state index contributed by atoms with van der Waals surface area (Å²) < 4.78 is 0. The number of carbonyl (C=O) groups is 1. The van der Waals surface area contributed by atoms with E-state index in [1.165, 1.54) is 0 Å². The fraction of sp³-hybridized carbons (Fsp3) is 0.900. The molecule has 78 valence electrons. The van der Waals surface area contributed by atoms with Crippen LogP contribution in [0.5, 0.6) is 0 Å². The molecule has 0 fully saturated rings. The maximum absolute atomic E-state index is 11.4. The minimum Gasteiger partial charge on any atom is -0.352 e. The molecule has 3 heteroatoms. The van der Waals surface area contributed by atoms with Crippen molar-refractivity contribution < 1.29 is 4.79 Å². The monoisotopic (exact) mass is 186 g/mol. The average molecular weight is 186 g/mol. The van der Waals surface area contributed by atoms with Crippen LogP contribution in [0, 0.1) is 0 Å². The van der Waals surface area contributed by atoms with E-state index in [2.05, 4.69) is 12.2 Å². The predicted molar refractivity (Wildman–Crippen MR) is 55.4 cm³/mol. The van der Waals surface area contributed by atoms with Gasteiger partial charge < -0.3 is 11.1 Å². The SMILES string of the molecule is CCCC(C)NC(=O)[C@@H](N)CCC. The lowest BCUT2D eigenvalue weighted by molar-refractivity contribution is -0.123. The molecule has 0 aliphatic carbocycles. The Kier molecular flexibility index (Phi) is 6.59. The number of carbonyl (C=O) groups excluding carboxylic acids is 1. The fourth-order valence-corrected chi connectivity index (χ4v) is 1.30. The molecule has 3 N–H and O–H groups in total. The molecule has 0 heterocycles. The van der Waals surface area contributed by atoms with Crippen molar-refractivity contribution in [3.8, 4) is 0 Å². The Morgan fingerprint density at radius 1 is 1.31 bits per heavy atom. The number of rotatable bonds is 6. The molecular formula is C10H22N2O. The van der Waals surface area contributed by atoms with Crippen molar-refractivity contribution in [2.24, 2.45) is 5.73 Å². The van der Waals surface area contributed by atoms with E-state index < -0.39 is 0 Å². The summed E-state index contributed by atoms with van der Waals surface area (Å²) in [5.74, 6) is -0.0113. The first-order valence-electron chi connectivity index (χ1n) is 5.17. The lowest BCUT2D eigenvalue weighted by atomic mass is 10.1. The second-order valence-corrected chi connectivity index (χ2v) is 3.59. The van der Waals surface area contributed by atoms with Gasteiger partial charge in [-0.1, -0.05) is 26.7 Å². The standard InChI is InChI=1S/C10H22N2O/c1-4-6-8(3)12-10(13)9(11)7-5-2/h8-9H,4-7,11H2,1-3H3,(H,12,13)/t8?,9-/m0/s1. The number of hydrogen-bond donors (Lipinski definition) is 2. The molecule has 0 saturated heterocycles. The lowest BCUT2D eigenvalue weighted by Crippen LogP contribution is -2.44. The average Bonchev–Trinajstić information content (AvgIpc) is 2.05. The molecule has 0 aromatic carbocycles. The predicted octanol–water partition coefficient (Wildman–Crippen LogP) is 1.42. The van der Waals surface area contributed by atoms with Gasteiger partial charge in [0.1, 0.15) is 0 Å². The first-order valence-corrected chi connectivity index (χ1v) is 5.17. The molecule has 0 saturated carbocycles. The van der Waals surface area contributed by atoms with Crippen LogP contribution in [0.2, 0.25) is 0 Å². The van der Waals surface area contributed by atoms with E-state index >= 15 is 0 Å². The Balaban J connectivity index is 3.71. The van der Waals surface area contributed by atoms with E-state index in [4.69, 9.17) is 5.73 Å². The molecular weight excluding hydrogens is 164 g/mol. The van der Waals surface area contributed by atoms with Crippen LogP contribution in [-0.2, 0) is 4.79 Å². The van der Waals surface area contributed by atoms with Gasteiger partial charge in [0.15, 0.2) is 0 Å². The Morgan fingerprint density at radius 2 is 1.85 bits per heavy atom. The highest BCUT2D eigenvalue weighted by Crippen LogP contribution is 1.97. The molecule has 2 atom stereocenters. The summed E-state index contributed by atoms with van der Waals surface area (Å²) in [6.07, 6.45) is 3.83. The third kappa shape index (κ3) is 5.64. The molecule has 0 aliphatic rings. The maximum Gasteiger partial charge on any atom is 0.237 e. The van der Waals surface area contributed by atoms with Gasteiger partial charge in [0.25, 0.3) is 0 Å². The van der Waals surface area contributed by atoms with Gasteiger partial charge in [-0.25, -0.2) is 0 Å². The zero-order chi connectivity index (χ0) is 10.3. The van der Waals surface area contributed by atoms with Gasteiger partial charge in [0.2, 0.25) is 5.91 Å². The fourth-order valence-electron chi connectivity index (χ4n) is 1.30. The van der Waals surface area contributed by atoms with Crippen LogP contribution < -0.4 is 11.1 Å². The first-order chi connectivity index (χ1) is 6.11. The third-order valence-electron chi connectivity index (χ3n) is 2.05. The van der Waals surface area contributed by atoms with Crippen LogP contribution in [0.3, 0.4) is 0 Å². The number of amides is 1. The van der Waals surface area contributed by atoms with E-state index in [-0.39, 0.29) is 18.0 Å². The van der Waals surface area contributed by atoms with Gasteiger partial charge in [0.05, 0.1) is 6.04 Å². The van der Waals surface area contributed by atoms with Gasteiger partial charge in [-0.3, -0.25) is 4.79 Å². The molecule has 3 nitrogen and oxygen atoms in total. The second kappa shape index (κ2) is 6.89. The minimum absolute atomic E-state index is 0.0113. The molecule has 0 rings (SSSR count). The highest BCUT2D eigenvalue weighted by atomic mass is 16.2. The quantitative estimate of drug-likeness (QED) is 0.659. The smallest absolute Gasteiger partial charge is 0.237 e. The van der Waals surface area contributed by atoms with Gasteiger partial charge in [-0.15, -0.1) is 0 Å². The van der Waals surface area contributed by atoms with Crippen LogP contribution in [-0.4, -0.2) is 18.0 Å². The zero-order valence-corrected chi connectivity index (χ0v) is 8.97. The van der Waals surface area contributed by atoms with Crippen molar-refractivity contribution in [2.45, 2.75) is 58.5 Å². The Morgan fingerprint density at radius 3 is 2.31 bits per heavy atom. The zero-order valence-electron chi connectivity index (χ0n) is 8.97. The third-order valence-corrected chi connectivity index (χ3v) is 2.05. The summed E-state index contributed by atoms with van der Waals surface area (Å²) in [4.78, 5) is 11.4. The molecule has 0 spiro atoms. The van der Waals surface area contributed by atoms with Crippen molar-refractivity contribution in [1.82, 2.24) is 5.32 Å². The molecule has 0 aliphatic heterocycles. The van der Waals surface area contributed by atoms with E-state index in [0.717, 1.165) is 25.7 Å². The largest absolute Gasteiger partial charge is 0.352 e. The minimum atomic E-state index is -0.329. The number of hydrogen-bond acceptors (Lipinski definition) is 2. The molecule has 0 aromatic rings. The molecule has 0 radical (unpaired) electrons. The highest BCUT2D eigenvalue weighted by Gasteiger charge is 2.13.